The second-order valence-corrected chi connectivity index (χ2v) is 15.7. The summed E-state index contributed by atoms with van der Waals surface area (Å²) in [6.45, 7) is 10.8. The van der Waals surface area contributed by atoms with Crippen LogP contribution >= 0.6 is 11.3 Å². The Morgan fingerprint density at radius 1 is 0.846 bits per heavy atom. The molecular weight excluding hydrogens is 673 g/mol. The second kappa shape index (κ2) is 13.6. The average Bonchev–Trinajstić information content (AvgIpc) is 3.46. The Labute approximate surface area is 306 Å². The molecule has 0 spiro atoms. The molecule has 266 valence electrons. The minimum atomic E-state index is -0.236. The van der Waals surface area contributed by atoms with E-state index in [0.717, 1.165) is 90.2 Å². The van der Waals surface area contributed by atoms with E-state index < -0.39 is 0 Å². The molecule has 52 heavy (non-hydrogen) atoms. The molecule has 3 aromatic carbocycles. The third-order valence-corrected chi connectivity index (χ3v) is 12.3. The van der Waals surface area contributed by atoms with Gasteiger partial charge in [-0.3, -0.25) is 24.6 Å². The number of hydrogen-bond acceptors (Lipinski definition) is 9. The highest BCUT2D eigenvalue weighted by Gasteiger charge is 2.30. The van der Waals surface area contributed by atoms with Crippen LogP contribution in [0.25, 0.3) is 32.2 Å². The molecule has 3 saturated heterocycles. The maximum absolute atomic E-state index is 12.8. The van der Waals surface area contributed by atoms with Crippen LogP contribution in [-0.2, 0) is 9.59 Å². The number of fused-ring (bicyclic) bond motifs is 5. The first-order chi connectivity index (χ1) is 25.4. The van der Waals surface area contributed by atoms with Gasteiger partial charge in [0.25, 0.3) is 5.91 Å². The standard InChI is InChI=1S/C41H42N6O4S/c1-25-24-51-38-37-32-10-12-33(43-34(32)13-14-35(37)52-39(38)41(50)42-25)28-4-2-26(3-5-28)29-22-46(23-29)17-16-45-18-20-47(21-19-45)30-8-6-27(7-9-30)31-11-15-36(48)44-40(31)49/h2-10,12-14,25,29,31H,11,15-24H2,1H3,(H,42,50)(H,44,48,49)/t25-,31?/m1/s1. The number of benzene rings is 3. The Morgan fingerprint density at radius 3 is 2.37 bits per heavy atom. The third kappa shape index (κ3) is 6.31. The minimum absolute atomic E-state index is 0.0335. The monoisotopic (exact) mass is 714 g/mol. The van der Waals surface area contributed by atoms with Crippen molar-refractivity contribution in [3.05, 3.63) is 88.8 Å². The number of nitrogens with zero attached hydrogens (tertiary/aromatic N) is 4. The normalized spacial score (nSPS) is 21.7. The van der Waals surface area contributed by atoms with Gasteiger partial charge in [0.2, 0.25) is 11.8 Å². The largest absolute Gasteiger partial charge is 0.489 e. The molecule has 2 atom stereocenters. The van der Waals surface area contributed by atoms with E-state index in [1.54, 1.807) is 0 Å². The van der Waals surface area contributed by atoms with Crippen molar-refractivity contribution >= 4 is 55.7 Å². The molecule has 5 aromatic rings. The molecule has 10 nitrogen and oxygen atoms in total. The number of rotatable bonds is 7. The number of thiophene rings is 1. The molecule has 6 heterocycles. The van der Waals surface area contributed by atoms with Crippen molar-refractivity contribution in [3.63, 3.8) is 0 Å². The minimum Gasteiger partial charge on any atom is -0.489 e. The van der Waals surface area contributed by atoms with E-state index in [-0.39, 0.29) is 29.7 Å². The van der Waals surface area contributed by atoms with Crippen LogP contribution in [0.15, 0.2) is 72.8 Å². The first-order valence-corrected chi connectivity index (χ1v) is 19.2. The third-order valence-electron chi connectivity index (χ3n) is 11.2. The fourth-order valence-electron chi connectivity index (χ4n) is 8.09. The lowest BCUT2D eigenvalue weighted by Gasteiger charge is -2.42. The van der Waals surface area contributed by atoms with Gasteiger partial charge in [-0.1, -0.05) is 36.4 Å². The van der Waals surface area contributed by atoms with Crippen LogP contribution < -0.4 is 20.3 Å². The number of anilines is 1. The molecule has 11 heteroatoms. The number of piperidine rings is 1. The molecule has 4 aliphatic rings. The highest BCUT2D eigenvalue weighted by molar-refractivity contribution is 7.21. The van der Waals surface area contributed by atoms with E-state index in [9.17, 15) is 14.4 Å². The lowest BCUT2D eigenvalue weighted by molar-refractivity contribution is -0.134. The summed E-state index contributed by atoms with van der Waals surface area (Å²) in [7, 11) is 0. The van der Waals surface area contributed by atoms with Crippen molar-refractivity contribution in [3.8, 4) is 17.0 Å². The summed E-state index contributed by atoms with van der Waals surface area (Å²) in [5.74, 6) is 0.570. The van der Waals surface area contributed by atoms with Crippen molar-refractivity contribution in [2.45, 2.75) is 37.6 Å². The maximum atomic E-state index is 12.8. The molecular formula is C41H42N6O4S. The zero-order valence-electron chi connectivity index (χ0n) is 29.3. The summed E-state index contributed by atoms with van der Waals surface area (Å²) in [5.41, 5.74) is 6.49. The number of hydrogen-bond donors (Lipinski definition) is 2. The summed E-state index contributed by atoms with van der Waals surface area (Å²) < 4.78 is 7.16. The van der Waals surface area contributed by atoms with Gasteiger partial charge < -0.3 is 19.9 Å². The van der Waals surface area contributed by atoms with Gasteiger partial charge in [-0.05, 0) is 60.9 Å². The van der Waals surface area contributed by atoms with Crippen LogP contribution in [0.1, 0.15) is 52.4 Å². The first-order valence-electron chi connectivity index (χ1n) is 18.4. The molecule has 1 unspecified atom stereocenters. The van der Waals surface area contributed by atoms with Crippen LogP contribution in [0.4, 0.5) is 5.69 Å². The lowest BCUT2D eigenvalue weighted by Crippen LogP contribution is -2.51. The number of likely N-dealkylation sites (tertiary alicyclic amines) is 1. The molecule has 4 aliphatic heterocycles. The topological polar surface area (TPSA) is 107 Å². The quantitative estimate of drug-likeness (QED) is 0.217. The highest BCUT2D eigenvalue weighted by atomic mass is 32.1. The van der Waals surface area contributed by atoms with Gasteiger partial charge >= 0.3 is 0 Å². The number of imide groups is 1. The zero-order valence-corrected chi connectivity index (χ0v) is 30.1. The smallest absolute Gasteiger partial charge is 0.265 e. The number of carbonyl (C=O) groups is 3. The van der Waals surface area contributed by atoms with Gasteiger partial charge in [0.15, 0.2) is 5.75 Å². The Kier molecular flexibility index (Phi) is 8.65. The molecule has 2 aromatic heterocycles. The molecule has 3 amide bonds. The maximum Gasteiger partial charge on any atom is 0.265 e. The zero-order chi connectivity index (χ0) is 35.3. The first kappa shape index (κ1) is 33.0. The Bertz CT molecular complexity index is 2170. The van der Waals surface area contributed by atoms with E-state index in [1.165, 1.54) is 22.6 Å². The van der Waals surface area contributed by atoms with Crippen molar-refractivity contribution in [1.29, 1.82) is 0 Å². The number of aromatic nitrogens is 1. The Hall–Kier alpha value is -4.84. The average molecular weight is 715 g/mol. The second-order valence-electron chi connectivity index (χ2n) is 14.7. The summed E-state index contributed by atoms with van der Waals surface area (Å²) >= 11 is 1.48. The SMILES string of the molecule is C[C@@H]1COc2c(sc3ccc4nc(-c5ccc(C6CN(CCN7CCN(c8ccc(C9CCC(=O)NC9=O)cc8)CC7)C6)cc5)ccc4c23)C(=O)N1. The van der Waals surface area contributed by atoms with E-state index >= 15 is 0 Å². The van der Waals surface area contributed by atoms with Gasteiger partial charge in [-0.25, -0.2) is 4.98 Å². The number of amides is 3. The Morgan fingerprint density at radius 2 is 1.60 bits per heavy atom. The predicted molar refractivity (Wildman–Crippen MR) is 204 cm³/mol. The predicted octanol–water partition coefficient (Wildman–Crippen LogP) is 5.37. The van der Waals surface area contributed by atoms with Crippen LogP contribution in [0, 0.1) is 0 Å². The van der Waals surface area contributed by atoms with Crippen molar-refractivity contribution in [2.24, 2.45) is 0 Å². The molecule has 0 saturated carbocycles. The molecule has 2 N–H and O–H groups in total. The molecule has 9 rings (SSSR count). The van der Waals surface area contributed by atoms with Crippen LogP contribution in [0.2, 0.25) is 0 Å². The lowest BCUT2D eigenvalue weighted by atomic mass is 9.90. The van der Waals surface area contributed by atoms with Gasteiger partial charge in [0.1, 0.15) is 11.5 Å². The number of ether oxygens (including phenoxy) is 1. The summed E-state index contributed by atoms with van der Waals surface area (Å²) in [5, 5.41) is 7.45. The molecule has 0 bridgehead atoms. The molecule has 3 fully saturated rings. The number of carbonyl (C=O) groups excluding carboxylic acids is 3. The van der Waals surface area contributed by atoms with E-state index in [1.807, 2.05) is 31.2 Å². The van der Waals surface area contributed by atoms with Gasteiger partial charge in [-0.2, -0.15) is 0 Å². The fraction of sp³-hybridized carbons (Fsp3) is 0.366. The summed E-state index contributed by atoms with van der Waals surface area (Å²) in [6, 6.07) is 25.5. The molecule has 0 aliphatic carbocycles. The van der Waals surface area contributed by atoms with E-state index in [2.05, 4.69) is 73.9 Å². The number of nitrogens with one attached hydrogen (secondary N) is 2. The van der Waals surface area contributed by atoms with Gasteiger partial charge in [0.05, 0.1) is 23.2 Å². The number of pyridine rings is 1. The van der Waals surface area contributed by atoms with Crippen LogP contribution in [0.3, 0.4) is 0 Å². The molecule has 0 radical (unpaired) electrons. The van der Waals surface area contributed by atoms with Crippen LogP contribution in [-0.4, -0.2) is 97.5 Å². The van der Waals surface area contributed by atoms with E-state index in [4.69, 9.17) is 9.72 Å². The van der Waals surface area contributed by atoms with Gasteiger partial charge in [0, 0.05) is 91.4 Å². The van der Waals surface area contributed by atoms with Crippen LogP contribution in [0.5, 0.6) is 5.75 Å². The van der Waals surface area contributed by atoms with Crippen molar-refractivity contribution < 1.29 is 19.1 Å². The van der Waals surface area contributed by atoms with Crippen molar-refractivity contribution in [2.75, 3.05) is 63.9 Å². The van der Waals surface area contributed by atoms with E-state index in [0.29, 0.717) is 36.0 Å². The fourth-order valence-corrected chi connectivity index (χ4v) is 9.16. The summed E-state index contributed by atoms with van der Waals surface area (Å²) in [4.78, 5) is 49.7. The number of piperazine rings is 1. The van der Waals surface area contributed by atoms with Gasteiger partial charge in [-0.15, -0.1) is 11.3 Å². The highest BCUT2D eigenvalue weighted by Crippen LogP contribution is 2.43. The summed E-state index contributed by atoms with van der Waals surface area (Å²) in [6.07, 6.45) is 0.984. The Balaban J connectivity index is 0.761. The van der Waals surface area contributed by atoms with Crippen molar-refractivity contribution in [1.82, 2.24) is 25.4 Å².